The summed E-state index contributed by atoms with van der Waals surface area (Å²) in [5.74, 6) is -0.553. The van der Waals surface area contributed by atoms with Gasteiger partial charge in [0.15, 0.2) is 5.95 Å². The standard InChI is InChI=1S/C6H6FNO/c1-4-2-3-5(9)8-6(4)7/h2-3H,1H3,(H,8,9). The Morgan fingerprint density at radius 3 is 2.67 bits per heavy atom. The molecule has 9 heavy (non-hydrogen) atoms. The van der Waals surface area contributed by atoms with Crippen LogP contribution < -0.4 is 5.56 Å². The third-order valence-corrected chi connectivity index (χ3v) is 1.06. The summed E-state index contributed by atoms with van der Waals surface area (Å²) in [6, 6.07) is 2.73. The van der Waals surface area contributed by atoms with Crippen molar-refractivity contribution in [3.05, 3.63) is 34.0 Å². The molecule has 48 valence electrons. The van der Waals surface area contributed by atoms with E-state index in [1.807, 2.05) is 4.98 Å². The minimum Gasteiger partial charge on any atom is -0.299 e. The van der Waals surface area contributed by atoms with Gasteiger partial charge in [-0.1, -0.05) is 0 Å². The number of rotatable bonds is 0. The smallest absolute Gasteiger partial charge is 0.250 e. The van der Waals surface area contributed by atoms with Gasteiger partial charge in [0.1, 0.15) is 0 Å². The van der Waals surface area contributed by atoms with E-state index in [4.69, 9.17) is 0 Å². The predicted octanol–water partition coefficient (Wildman–Crippen LogP) is 0.822. The zero-order valence-corrected chi connectivity index (χ0v) is 4.94. The number of hydrogen-bond acceptors (Lipinski definition) is 1. The third-order valence-electron chi connectivity index (χ3n) is 1.06. The van der Waals surface area contributed by atoms with Crippen molar-refractivity contribution in [2.24, 2.45) is 0 Å². The highest BCUT2D eigenvalue weighted by molar-refractivity contribution is 5.07. The van der Waals surface area contributed by atoms with Crippen LogP contribution in [0.2, 0.25) is 0 Å². The molecule has 3 heteroatoms. The fourth-order valence-corrected chi connectivity index (χ4v) is 0.522. The summed E-state index contributed by atoms with van der Waals surface area (Å²) < 4.78 is 12.3. The van der Waals surface area contributed by atoms with E-state index >= 15 is 0 Å². The van der Waals surface area contributed by atoms with E-state index in [2.05, 4.69) is 0 Å². The van der Waals surface area contributed by atoms with E-state index in [1.165, 1.54) is 12.1 Å². The lowest BCUT2D eigenvalue weighted by atomic mass is 10.3. The number of aryl methyl sites for hydroxylation is 1. The van der Waals surface area contributed by atoms with Gasteiger partial charge in [0.25, 0.3) is 0 Å². The third kappa shape index (κ3) is 1.16. The van der Waals surface area contributed by atoms with Crippen molar-refractivity contribution < 1.29 is 4.39 Å². The molecule has 0 spiro atoms. The minimum atomic E-state index is -0.553. The van der Waals surface area contributed by atoms with Crippen molar-refractivity contribution in [3.63, 3.8) is 0 Å². The normalized spacial score (nSPS) is 9.56. The van der Waals surface area contributed by atoms with Crippen molar-refractivity contribution in [1.82, 2.24) is 4.98 Å². The summed E-state index contributed by atoms with van der Waals surface area (Å²) in [6.07, 6.45) is 0. The summed E-state index contributed by atoms with van der Waals surface area (Å²) in [4.78, 5) is 12.4. The van der Waals surface area contributed by atoms with Gasteiger partial charge in [0, 0.05) is 11.6 Å². The van der Waals surface area contributed by atoms with Crippen molar-refractivity contribution >= 4 is 0 Å². The molecule has 0 aliphatic rings. The van der Waals surface area contributed by atoms with Gasteiger partial charge >= 0.3 is 0 Å². The van der Waals surface area contributed by atoms with Crippen LogP contribution in [-0.4, -0.2) is 4.98 Å². The number of aromatic amines is 1. The number of hydrogen-bond donors (Lipinski definition) is 1. The zero-order chi connectivity index (χ0) is 6.85. The molecule has 0 aliphatic heterocycles. The largest absolute Gasteiger partial charge is 0.299 e. The molecule has 0 saturated carbocycles. The van der Waals surface area contributed by atoms with E-state index in [-0.39, 0.29) is 0 Å². The quantitative estimate of drug-likeness (QED) is 0.514. The molecule has 0 atom stereocenters. The molecule has 1 N–H and O–H groups in total. The summed E-state index contributed by atoms with van der Waals surface area (Å²) in [5, 5.41) is 0. The van der Waals surface area contributed by atoms with E-state index in [0.717, 1.165) is 0 Å². The van der Waals surface area contributed by atoms with E-state index in [1.54, 1.807) is 6.92 Å². The monoisotopic (exact) mass is 127 g/mol. The van der Waals surface area contributed by atoms with Gasteiger partial charge in [0.2, 0.25) is 5.56 Å². The molecule has 1 heterocycles. The van der Waals surface area contributed by atoms with Crippen LogP contribution in [0.4, 0.5) is 4.39 Å². The van der Waals surface area contributed by atoms with Gasteiger partial charge in [-0.25, -0.2) is 0 Å². The van der Waals surface area contributed by atoms with E-state index < -0.39 is 11.5 Å². The van der Waals surface area contributed by atoms with Crippen LogP contribution in [0, 0.1) is 12.9 Å². The molecule has 0 aliphatic carbocycles. The zero-order valence-electron chi connectivity index (χ0n) is 4.94. The molecular weight excluding hydrogens is 121 g/mol. The van der Waals surface area contributed by atoms with Gasteiger partial charge in [-0.2, -0.15) is 4.39 Å². The lowest BCUT2D eigenvalue weighted by Crippen LogP contribution is -2.06. The Labute approximate surface area is 51.3 Å². The SMILES string of the molecule is Cc1ccc(=O)[nH]c1F. The van der Waals surface area contributed by atoms with Crippen LogP contribution in [0.3, 0.4) is 0 Å². The fraction of sp³-hybridized carbons (Fsp3) is 0.167. The first kappa shape index (κ1) is 6.01. The molecule has 1 aromatic heterocycles. The summed E-state index contributed by atoms with van der Waals surface area (Å²) in [7, 11) is 0. The first-order valence-electron chi connectivity index (χ1n) is 2.55. The maximum Gasteiger partial charge on any atom is 0.250 e. The predicted molar refractivity (Wildman–Crippen MR) is 31.8 cm³/mol. The van der Waals surface area contributed by atoms with Crippen molar-refractivity contribution in [2.45, 2.75) is 6.92 Å². The molecule has 0 saturated heterocycles. The maximum atomic E-state index is 12.3. The molecule has 2 nitrogen and oxygen atoms in total. The molecule has 0 amide bonds. The average molecular weight is 127 g/mol. The summed E-state index contributed by atoms with van der Waals surface area (Å²) in [6.45, 7) is 1.59. The number of halogens is 1. The van der Waals surface area contributed by atoms with Gasteiger partial charge < -0.3 is 0 Å². The Bertz CT molecular complexity index is 266. The number of H-pyrrole nitrogens is 1. The molecule has 0 unspecified atom stereocenters. The summed E-state index contributed by atoms with van der Waals surface area (Å²) >= 11 is 0. The Morgan fingerprint density at radius 2 is 2.22 bits per heavy atom. The number of nitrogens with one attached hydrogen (secondary N) is 1. The van der Waals surface area contributed by atoms with Gasteiger partial charge in [-0.3, -0.25) is 9.78 Å². The second-order valence-electron chi connectivity index (χ2n) is 1.82. The Balaban J connectivity index is 3.34. The Kier molecular flexibility index (Phi) is 1.34. The van der Waals surface area contributed by atoms with Crippen LogP contribution in [0.1, 0.15) is 5.56 Å². The van der Waals surface area contributed by atoms with Gasteiger partial charge in [-0.05, 0) is 13.0 Å². The number of pyridine rings is 1. The van der Waals surface area contributed by atoms with E-state index in [0.29, 0.717) is 5.56 Å². The van der Waals surface area contributed by atoms with Crippen LogP contribution in [0.15, 0.2) is 16.9 Å². The lowest BCUT2D eigenvalue weighted by molar-refractivity contribution is 0.570. The second kappa shape index (κ2) is 2.01. The second-order valence-corrected chi connectivity index (χ2v) is 1.82. The van der Waals surface area contributed by atoms with Crippen LogP contribution >= 0.6 is 0 Å². The first-order chi connectivity index (χ1) is 4.20. The highest BCUT2D eigenvalue weighted by Crippen LogP contribution is 1.95. The highest BCUT2D eigenvalue weighted by Gasteiger charge is 1.93. The fourth-order valence-electron chi connectivity index (χ4n) is 0.522. The van der Waals surface area contributed by atoms with Gasteiger partial charge in [-0.15, -0.1) is 0 Å². The first-order valence-corrected chi connectivity index (χ1v) is 2.55. The minimum absolute atomic E-state index is 0.405. The highest BCUT2D eigenvalue weighted by atomic mass is 19.1. The van der Waals surface area contributed by atoms with Crippen LogP contribution in [0.25, 0.3) is 0 Å². The molecule has 0 fully saturated rings. The molecular formula is C6H6FNO. The molecule has 0 aromatic carbocycles. The molecule has 0 bridgehead atoms. The van der Waals surface area contributed by atoms with Gasteiger partial charge in [0.05, 0.1) is 0 Å². The number of aromatic nitrogens is 1. The van der Waals surface area contributed by atoms with Crippen molar-refractivity contribution in [2.75, 3.05) is 0 Å². The topological polar surface area (TPSA) is 32.9 Å². The lowest BCUT2D eigenvalue weighted by Gasteiger charge is -1.90. The molecule has 1 rings (SSSR count). The van der Waals surface area contributed by atoms with Crippen molar-refractivity contribution in [3.8, 4) is 0 Å². The molecule has 1 aromatic rings. The Morgan fingerprint density at radius 1 is 1.56 bits per heavy atom. The molecule has 0 radical (unpaired) electrons. The van der Waals surface area contributed by atoms with Crippen LogP contribution in [0.5, 0.6) is 0 Å². The summed E-state index contributed by atoms with van der Waals surface area (Å²) in [5.41, 5.74) is 0.0488. The maximum absolute atomic E-state index is 12.3. The Hall–Kier alpha value is -1.12. The van der Waals surface area contributed by atoms with E-state index in [9.17, 15) is 9.18 Å². The average Bonchev–Trinajstić information content (AvgIpc) is 1.80. The van der Waals surface area contributed by atoms with Crippen molar-refractivity contribution in [1.29, 1.82) is 0 Å². The van der Waals surface area contributed by atoms with Crippen LogP contribution in [-0.2, 0) is 0 Å².